The number of rotatable bonds is 3. The van der Waals surface area contributed by atoms with Gasteiger partial charge in [-0.15, -0.1) is 0 Å². The highest BCUT2D eigenvalue weighted by molar-refractivity contribution is 7.97. The zero-order valence-electron chi connectivity index (χ0n) is 5.00. The van der Waals surface area contributed by atoms with E-state index in [1.54, 1.807) is 11.9 Å². The van der Waals surface area contributed by atoms with Crippen molar-refractivity contribution < 1.29 is 9.53 Å². The molecule has 1 aliphatic heterocycles. The van der Waals surface area contributed by atoms with Crippen LogP contribution < -0.4 is 4.72 Å². The summed E-state index contributed by atoms with van der Waals surface area (Å²) in [6.45, 7) is 1.00. The maximum absolute atomic E-state index is 9.70. The van der Waals surface area contributed by atoms with Crippen molar-refractivity contribution in [2.75, 3.05) is 12.4 Å². The number of carbonyl (C=O) groups is 1. The minimum Gasteiger partial charge on any atom is -0.466 e. The molecule has 52 valence electrons. The minimum atomic E-state index is 0.375. The van der Waals surface area contributed by atoms with Gasteiger partial charge in [-0.2, -0.15) is 0 Å². The van der Waals surface area contributed by atoms with Crippen molar-refractivity contribution >= 4 is 18.4 Å². The van der Waals surface area contributed by atoms with Crippen LogP contribution in [0.4, 0.5) is 0 Å². The molecule has 1 heterocycles. The normalized spacial score (nSPS) is 26.0. The second-order valence-corrected chi connectivity index (χ2v) is 2.81. The molecule has 3 nitrogen and oxygen atoms in total. The maximum atomic E-state index is 9.70. The number of ether oxygens (including phenoxy) is 1. The van der Waals surface area contributed by atoms with Crippen LogP contribution in [0.25, 0.3) is 0 Å². The molecule has 0 bridgehead atoms. The van der Waals surface area contributed by atoms with Crippen molar-refractivity contribution in [3.8, 4) is 0 Å². The average Bonchev–Trinajstić information content (AvgIpc) is 2.34. The summed E-state index contributed by atoms with van der Waals surface area (Å²) in [6, 6.07) is 0.375. The molecule has 1 rings (SSSR count). The Labute approximate surface area is 58.3 Å². The Hall–Kier alpha value is -0.220. The predicted molar refractivity (Wildman–Crippen MR) is 36.0 cm³/mol. The van der Waals surface area contributed by atoms with Crippen LogP contribution in [0.15, 0.2) is 0 Å². The summed E-state index contributed by atoms with van der Waals surface area (Å²) < 4.78 is 7.69. The SMILES string of the molecule is O=COCC1CCSN1. The van der Waals surface area contributed by atoms with Crippen molar-refractivity contribution in [3.05, 3.63) is 0 Å². The quantitative estimate of drug-likeness (QED) is 0.456. The molecule has 0 aromatic rings. The van der Waals surface area contributed by atoms with E-state index in [2.05, 4.69) is 9.46 Å². The fraction of sp³-hybridized carbons (Fsp3) is 0.800. The molecule has 0 radical (unpaired) electrons. The molecule has 9 heavy (non-hydrogen) atoms. The standard InChI is InChI=1S/C5H9NO2S/c7-4-8-3-5-1-2-9-6-5/h4-6H,1-3H2. The van der Waals surface area contributed by atoms with Gasteiger partial charge >= 0.3 is 0 Å². The molecule has 0 spiro atoms. The summed E-state index contributed by atoms with van der Waals surface area (Å²) in [7, 11) is 0. The fourth-order valence-corrected chi connectivity index (χ4v) is 1.65. The second kappa shape index (κ2) is 3.74. The molecule has 1 fully saturated rings. The lowest BCUT2D eigenvalue weighted by Crippen LogP contribution is -2.22. The van der Waals surface area contributed by atoms with E-state index in [9.17, 15) is 4.79 Å². The van der Waals surface area contributed by atoms with Gasteiger partial charge in [0, 0.05) is 5.75 Å². The predicted octanol–water partition coefficient (Wildman–Crippen LogP) is 0.170. The molecule has 1 atom stereocenters. The zero-order chi connectivity index (χ0) is 6.53. The third kappa shape index (κ3) is 2.24. The second-order valence-electron chi connectivity index (χ2n) is 1.88. The first-order valence-corrected chi connectivity index (χ1v) is 3.84. The van der Waals surface area contributed by atoms with E-state index in [1.165, 1.54) is 0 Å². The first kappa shape index (κ1) is 6.89. The highest BCUT2D eigenvalue weighted by Gasteiger charge is 2.14. The van der Waals surface area contributed by atoms with Crippen molar-refractivity contribution in [3.63, 3.8) is 0 Å². The first-order chi connectivity index (χ1) is 4.43. The molecule has 4 heteroatoms. The lowest BCUT2D eigenvalue weighted by atomic mass is 10.3. The van der Waals surface area contributed by atoms with Crippen molar-refractivity contribution in [1.82, 2.24) is 4.72 Å². The van der Waals surface area contributed by atoms with E-state index >= 15 is 0 Å². The molecular weight excluding hydrogens is 138 g/mol. The van der Waals surface area contributed by atoms with Crippen molar-refractivity contribution in [1.29, 1.82) is 0 Å². The van der Waals surface area contributed by atoms with Gasteiger partial charge in [0.25, 0.3) is 6.47 Å². The van der Waals surface area contributed by atoms with E-state index < -0.39 is 0 Å². The Morgan fingerprint density at radius 1 is 1.89 bits per heavy atom. The molecule has 1 saturated heterocycles. The van der Waals surface area contributed by atoms with Gasteiger partial charge in [-0.3, -0.25) is 9.52 Å². The van der Waals surface area contributed by atoms with E-state index in [-0.39, 0.29) is 0 Å². The molecule has 1 aliphatic rings. The maximum Gasteiger partial charge on any atom is 0.293 e. The summed E-state index contributed by atoms with van der Waals surface area (Å²) in [6.07, 6.45) is 1.10. The molecule has 0 aromatic carbocycles. The van der Waals surface area contributed by atoms with Crippen LogP contribution in [-0.2, 0) is 9.53 Å². The van der Waals surface area contributed by atoms with Crippen LogP contribution >= 0.6 is 11.9 Å². The summed E-state index contributed by atoms with van der Waals surface area (Å²) in [5, 5.41) is 0. The van der Waals surface area contributed by atoms with Gasteiger partial charge in [0.15, 0.2) is 0 Å². The van der Waals surface area contributed by atoms with E-state index in [4.69, 9.17) is 0 Å². The molecule has 0 saturated carbocycles. The number of nitrogens with one attached hydrogen (secondary N) is 1. The van der Waals surface area contributed by atoms with Crippen LogP contribution in [0.1, 0.15) is 6.42 Å². The highest BCUT2D eigenvalue weighted by atomic mass is 32.2. The third-order valence-corrected chi connectivity index (χ3v) is 2.12. The summed E-state index contributed by atoms with van der Waals surface area (Å²) in [5.41, 5.74) is 0. The van der Waals surface area contributed by atoms with Crippen LogP contribution in [0, 0.1) is 0 Å². The van der Waals surface area contributed by atoms with E-state index in [1.807, 2.05) is 0 Å². The number of hydrogen-bond acceptors (Lipinski definition) is 4. The van der Waals surface area contributed by atoms with Crippen LogP contribution in [0.5, 0.6) is 0 Å². The van der Waals surface area contributed by atoms with Crippen LogP contribution in [-0.4, -0.2) is 24.9 Å². The molecule has 1 unspecified atom stereocenters. The van der Waals surface area contributed by atoms with Gasteiger partial charge < -0.3 is 4.74 Å². The Morgan fingerprint density at radius 3 is 3.33 bits per heavy atom. The molecule has 0 aromatic heterocycles. The van der Waals surface area contributed by atoms with E-state index in [0.29, 0.717) is 19.1 Å². The largest absolute Gasteiger partial charge is 0.466 e. The van der Waals surface area contributed by atoms with Crippen LogP contribution in [0.2, 0.25) is 0 Å². The van der Waals surface area contributed by atoms with Gasteiger partial charge in [0.05, 0.1) is 6.04 Å². The fourth-order valence-electron chi connectivity index (χ4n) is 0.710. The van der Waals surface area contributed by atoms with Gasteiger partial charge in [-0.25, -0.2) is 0 Å². The Balaban J connectivity index is 2.04. The van der Waals surface area contributed by atoms with Gasteiger partial charge in [0.2, 0.25) is 0 Å². The van der Waals surface area contributed by atoms with Gasteiger partial charge in [-0.05, 0) is 6.42 Å². The Morgan fingerprint density at radius 2 is 2.78 bits per heavy atom. The summed E-state index contributed by atoms with van der Waals surface area (Å²) >= 11 is 1.69. The Kier molecular flexibility index (Phi) is 2.86. The number of hydrogen-bond donors (Lipinski definition) is 1. The topological polar surface area (TPSA) is 38.3 Å². The van der Waals surface area contributed by atoms with Crippen molar-refractivity contribution in [2.45, 2.75) is 12.5 Å². The third-order valence-electron chi connectivity index (χ3n) is 1.18. The zero-order valence-corrected chi connectivity index (χ0v) is 5.82. The lowest BCUT2D eigenvalue weighted by molar-refractivity contribution is -0.129. The van der Waals surface area contributed by atoms with Gasteiger partial charge in [0.1, 0.15) is 6.61 Å². The van der Waals surface area contributed by atoms with Gasteiger partial charge in [-0.1, -0.05) is 11.9 Å². The first-order valence-electron chi connectivity index (χ1n) is 2.86. The van der Waals surface area contributed by atoms with Crippen LogP contribution in [0.3, 0.4) is 0 Å². The summed E-state index contributed by atoms with van der Waals surface area (Å²) in [5.74, 6) is 1.12. The molecule has 1 N–H and O–H groups in total. The molecule has 0 amide bonds. The molecule has 0 aliphatic carbocycles. The minimum absolute atomic E-state index is 0.375. The van der Waals surface area contributed by atoms with E-state index in [0.717, 1.165) is 12.2 Å². The summed E-state index contributed by atoms with van der Waals surface area (Å²) in [4.78, 5) is 9.70. The highest BCUT2D eigenvalue weighted by Crippen LogP contribution is 2.11. The smallest absolute Gasteiger partial charge is 0.293 e. The lowest BCUT2D eigenvalue weighted by Gasteiger charge is -2.04. The monoisotopic (exact) mass is 147 g/mol. The number of carbonyl (C=O) groups excluding carboxylic acids is 1. The average molecular weight is 147 g/mol. The van der Waals surface area contributed by atoms with Crippen molar-refractivity contribution in [2.24, 2.45) is 0 Å². The molecular formula is C5H9NO2S. The Bertz CT molecular complexity index is 93.0.